The number of carboxylic acid groups (broad SMARTS) is 1. The van der Waals surface area contributed by atoms with Crippen LogP contribution in [-0.2, 0) is 6.54 Å². The molecule has 2 N–H and O–H groups in total. The first-order valence-corrected chi connectivity index (χ1v) is 6.79. The van der Waals surface area contributed by atoms with E-state index >= 15 is 0 Å². The number of fused-ring (bicyclic) bond motifs is 1. The fraction of sp³-hybridized carbons (Fsp3) is 0.167. The van der Waals surface area contributed by atoms with E-state index < -0.39 is 5.97 Å². The summed E-state index contributed by atoms with van der Waals surface area (Å²) in [4.78, 5) is 22.9. The van der Waals surface area contributed by atoms with E-state index in [1.807, 2.05) is 11.4 Å². The van der Waals surface area contributed by atoms with Gasteiger partial charge in [-0.25, -0.2) is 19.7 Å². The Morgan fingerprint density at radius 2 is 2.30 bits per heavy atom. The molecule has 3 heterocycles. The van der Waals surface area contributed by atoms with Gasteiger partial charge < -0.3 is 15.0 Å². The predicted octanol–water partition coefficient (Wildman–Crippen LogP) is 1.70. The van der Waals surface area contributed by atoms with Gasteiger partial charge >= 0.3 is 5.97 Å². The van der Waals surface area contributed by atoms with Crippen molar-refractivity contribution in [2.75, 3.05) is 11.9 Å². The van der Waals surface area contributed by atoms with Gasteiger partial charge in [-0.1, -0.05) is 0 Å². The molecule has 0 aliphatic rings. The molecular weight excluding hydrogens is 278 g/mol. The number of rotatable bonds is 5. The zero-order valence-electron chi connectivity index (χ0n) is 10.4. The van der Waals surface area contributed by atoms with Gasteiger partial charge in [0.1, 0.15) is 12.1 Å². The average Bonchev–Trinajstić information content (AvgIpc) is 3.07. The number of nitrogens with one attached hydrogen (secondary N) is 1. The molecule has 20 heavy (non-hydrogen) atoms. The minimum Gasteiger partial charge on any atom is -0.476 e. The number of aromatic nitrogens is 4. The highest BCUT2D eigenvalue weighted by Gasteiger charge is 2.07. The zero-order chi connectivity index (χ0) is 13.9. The summed E-state index contributed by atoms with van der Waals surface area (Å²) >= 11 is 1.58. The lowest BCUT2D eigenvalue weighted by Crippen LogP contribution is -2.10. The first kappa shape index (κ1) is 12.5. The quantitative estimate of drug-likeness (QED) is 0.742. The minimum atomic E-state index is -1.02. The first-order valence-electron chi connectivity index (χ1n) is 5.91. The minimum absolute atomic E-state index is 0.0488. The fourth-order valence-corrected chi connectivity index (χ4v) is 2.62. The Bertz CT molecular complexity index is 751. The maximum absolute atomic E-state index is 10.7. The molecule has 0 aliphatic heterocycles. The van der Waals surface area contributed by atoms with E-state index in [0.29, 0.717) is 13.1 Å². The Labute approximate surface area is 117 Å². The summed E-state index contributed by atoms with van der Waals surface area (Å²) in [5.74, 6) is -0.226. The largest absolute Gasteiger partial charge is 0.476 e. The maximum atomic E-state index is 10.7. The third kappa shape index (κ3) is 2.45. The summed E-state index contributed by atoms with van der Waals surface area (Å²) in [6, 6.07) is 1.95. The molecule has 0 unspecified atom stereocenters. The predicted molar refractivity (Wildman–Crippen MR) is 75.1 cm³/mol. The van der Waals surface area contributed by atoms with Gasteiger partial charge in [-0.3, -0.25) is 0 Å². The Morgan fingerprint density at radius 3 is 3.10 bits per heavy atom. The van der Waals surface area contributed by atoms with Crippen molar-refractivity contribution in [3.8, 4) is 0 Å². The fourth-order valence-electron chi connectivity index (χ4n) is 1.81. The molecule has 3 aromatic rings. The van der Waals surface area contributed by atoms with E-state index in [2.05, 4.69) is 20.3 Å². The van der Waals surface area contributed by atoms with Gasteiger partial charge in [-0.05, 0) is 11.4 Å². The van der Waals surface area contributed by atoms with Crippen molar-refractivity contribution in [3.63, 3.8) is 0 Å². The molecule has 102 valence electrons. The number of anilines is 1. The summed E-state index contributed by atoms with van der Waals surface area (Å²) in [5.41, 5.74) is 0.968. The van der Waals surface area contributed by atoms with E-state index in [9.17, 15) is 4.79 Å². The van der Waals surface area contributed by atoms with E-state index in [1.165, 1.54) is 18.9 Å². The van der Waals surface area contributed by atoms with Crippen molar-refractivity contribution in [2.45, 2.75) is 6.54 Å². The molecule has 0 saturated carbocycles. The van der Waals surface area contributed by atoms with Crippen LogP contribution in [0, 0.1) is 0 Å². The summed E-state index contributed by atoms with van der Waals surface area (Å²) in [5, 5.41) is 14.0. The second kappa shape index (κ2) is 5.25. The lowest BCUT2D eigenvalue weighted by atomic mass is 10.4. The van der Waals surface area contributed by atoms with E-state index in [4.69, 9.17) is 5.11 Å². The van der Waals surface area contributed by atoms with Crippen LogP contribution in [0.5, 0.6) is 0 Å². The highest BCUT2D eigenvalue weighted by molar-refractivity contribution is 7.17. The molecule has 0 aliphatic carbocycles. The Morgan fingerprint density at radius 1 is 1.40 bits per heavy atom. The van der Waals surface area contributed by atoms with E-state index in [0.717, 1.165) is 16.0 Å². The number of carboxylic acids is 1. The second-order valence-corrected chi connectivity index (χ2v) is 5.00. The molecule has 0 bridgehead atoms. The highest BCUT2D eigenvalue weighted by Crippen LogP contribution is 2.24. The van der Waals surface area contributed by atoms with Gasteiger partial charge in [-0.15, -0.1) is 11.3 Å². The molecule has 0 radical (unpaired) electrons. The number of hydrogen-bond donors (Lipinski definition) is 2. The normalized spacial score (nSPS) is 10.8. The number of nitrogens with zero attached hydrogens (tertiary/aromatic N) is 4. The number of thiophene rings is 1. The third-order valence-electron chi connectivity index (χ3n) is 2.76. The average molecular weight is 289 g/mol. The Balaban J connectivity index is 1.64. The number of aromatic carboxylic acids is 1. The van der Waals surface area contributed by atoms with Gasteiger partial charge in [0.2, 0.25) is 0 Å². The molecule has 0 amide bonds. The zero-order valence-corrected chi connectivity index (χ0v) is 11.2. The molecule has 0 spiro atoms. The number of imidazole rings is 1. The first-order chi connectivity index (χ1) is 9.74. The summed E-state index contributed by atoms with van der Waals surface area (Å²) in [7, 11) is 0. The van der Waals surface area contributed by atoms with Crippen LogP contribution < -0.4 is 5.32 Å². The van der Waals surface area contributed by atoms with Crippen LogP contribution in [0.4, 0.5) is 5.82 Å². The van der Waals surface area contributed by atoms with Crippen LogP contribution in [0.1, 0.15) is 10.5 Å². The maximum Gasteiger partial charge on any atom is 0.356 e. The van der Waals surface area contributed by atoms with Crippen LogP contribution in [0.3, 0.4) is 0 Å². The third-order valence-corrected chi connectivity index (χ3v) is 3.67. The van der Waals surface area contributed by atoms with E-state index in [1.54, 1.807) is 15.9 Å². The molecule has 3 rings (SSSR count). The molecule has 0 fully saturated rings. The lowest BCUT2D eigenvalue weighted by Gasteiger charge is -2.06. The Kier molecular flexibility index (Phi) is 3.30. The van der Waals surface area contributed by atoms with Crippen LogP contribution in [0.25, 0.3) is 10.2 Å². The summed E-state index contributed by atoms with van der Waals surface area (Å²) < 4.78 is 2.74. The lowest BCUT2D eigenvalue weighted by molar-refractivity contribution is 0.0691. The van der Waals surface area contributed by atoms with Crippen molar-refractivity contribution in [1.29, 1.82) is 0 Å². The van der Waals surface area contributed by atoms with Crippen LogP contribution >= 0.6 is 11.3 Å². The van der Waals surface area contributed by atoms with Crippen molar-refractivity contribution in [3.05, 3.63) is 36.0 Å². The second-order valence-electron chi connectivity index (χ2n) is 4.09. The molecule has 7 nitrogen and oxygen atoms in total. The van der Waals surface area contributed by atoms with Gasteiger partial charge in [0.15, 0.2) is 5.69 Å². The van der Waals surface area contributed by atoms with Crippen molar-refractivity contribution >= 4 is 33.3 Å². The van der Waals surface area contributed by atoms with Crippen molar-refractivity contribution in [1.82, 2.24) is 19.5 Å². The number of hydrogen-bond acceptors (Lipinski definition) is 6. The molecule has 3 aromatic heterocycles. The topological polar surface area (TPSA) is 92.9 Å². The molecule has 0 aromatic carbocycles. The number of carbonyl (C=O) groups is 1. The van der Waals surface area contributed by atoms with Gasteiger partial charge in [0, 0.05) is 19.3 Å². The molecule has 0 saturated heterocycles. The van der Waals surface area contributed by atoms with Crippen LogP contribution in [0.2, 0.25) is 0 Å². The monoisotopic (exact) mass is 289 g/mol. The highest BCUT2D eigenvalue weighted by atomic mass is 32.1. The van der Waals surface area contributed by atoms with Crippen molar-refractivity contribution in [2.24, 2.45) is 0 Å². The van der Waals surface area contributed by atoms with Crippen LogP contribution in [0.15, 0.2) is 30.3 Å². The molecular formula is C12H11N5O2S. The van der Waals surface area contributed by atoms with Crippen LogP contribution in [-0.4, -0.2) is 37.1 Å². The van der Waals surface area contributed by atoms with Gasteiger partial charge in [0.25, 0.3) is 0 Å². The SMILES string of the molecule is O=C(O)c1cn(CCNc2ncnc3ccsc23)cn1. The van der Waals surface area contributed by atoms with Gasteiger partial charge in [-0.2, -0.15) is 0 Å². The standard InChI is InChI=1S/C12H11N5O2S/c18-12(19)9-5-17(7-16-9)3-2-13-11-10-8(1-4-20-10)14-6-15-11/h1,4-7H,2-3H2,(H,18,19)(H,13,14,15). The molecule has 8 heteroatoms. The summed E-state index contributed by atoms with van der Waals surface area (Å²) in [6.07, 6.45) is 4.54. The Hall–Kier alpha value is -2.48. The summed E-state index contributed by atoms with van der Waals surface area (Å²) in [6.45, 7) is 1.23. The van der Waals surface area contributed by atoms with Crippen molar-refractivity contribution < 1.29 is 9.90 Å². The van der Waals surface area contributed by atoms with Gasteiger partial charge in [0.05, 0.1) is 16.5 Å². The molecule has 0 atom stereocenters. The smallest absolute Gasteiger partial charge is 0.356 e. The van der Waals surface area contributed by atoms with E-state index in [-0.39, 0.29) is 5.69 Å².